The zero-order valence-electron chi connectivity index (χ0n) is 12.9. The number of ketones is 1. The molecule has 2 rings (SSSR count). The number of hydrogen-bond acceptors (Lipinski definition) is 4. The average molecular weight is 298 g/mol. The van der Waals surface area contributed by atoms with Gasteiger partial charge in [-0.05, 0) is 49.7 Å². The smallest absolute Gasteiger partial charge is 0.302 e. The van der Waals surface area contributed by atoms with Gasteiger partial charge in [0, 0.05) is 18.1 Å². The molecule has 114 valence electrons. The quantitative estimate of drug-likeness (QED) is 0.617. The lowest BCUT2D eigenvalue weighted by Gasteiger charge is -2.13. The van der Waals surface area contributed by atoms with Crippen LogP contribution in [0.5, 0.6) is 11.5 Å². The minimum Gasteiger partial charge on any atom is -0.461 e. The maximum atomic E-state index is 11.5. The van der Waals surface area contributed by atoms with Gasteiger partial charge in [0.05, 0.1) is 0 Å². The molecule has 0 bridgehead atoms. The van der Waals surface area contributed by atoms with Crippen LogP contribution in [0.4, 0.5) is 0 Å². The number of carbonyl (C=O) groups excluding carboxylic acids is 2. The van der Waals surface area contributed by atoms with E-state index in [0.29, 0.717) is 22.6 Å². The Bertz CT molecular complexity index is 704. The van der Waals surface area contributed by atoms with Gasteiger partial charge in [-0.15, -0.1) is 0 Å². The van der Waals surface area contributed by atoms with Crippen LogP contribution in [0.2, 0.25) is 0 Å². The number of benzene rings is 2. The summed E-state index contributed by atoms with van der Waals surface area (Å²) in [6.45, 7) is 4.88. The summed E-state index contributed by atoms with van der Waals surface area (Å²) in [6.07, 6.45) is 0. The Morgan fingerprint density at radius 1 is 1.05 bits per heavy atom. The van der Waals surface area contributed by atoms with Crippen molar-refractivity contribution in [2.75, 3.05) is 0 Å². The van der Waals surface area contributed by atoms with Crippen molar-refractivity contribution in [2.45, 2.75) is 27.4 Å². The summed E-state index contributed by atoms with van der Waals surface area (Å²) in [7, 11) is 0. The van der Waals surface area contributed by atoms with E-state index < -0.39 is 0 Å². The number of ether oxygens (including phenoxy) is 2. The molecule has 4 nitrogen and oxygen atoms in total. The van der Waals surface area contributed by atoms with Crippen LogP contribution in [0.3, 0.4) is 0 Å². The van der Waals surface area contributed by atoms with Gasteiger partial charge in [0.25, 0.3) is 0 Å². The molecule has 0 saturated heterocycles. The van der Waals surface area contributed by atoms with Crippen LogP contribution in [0.15, 0.2) is 42.5 Å². The Hall–Kier alpha value is -2.62. The van der Waals surface area contributed by atoms with E-state index in [0.717, 1.165) is 5.56 Å². The van der Waals surface area contributed by atoms with Crippen LogP contribution in [-0.4, -0.2) is 11.8 Å². The predicted octanol–water partition coefficient (Wildman–Crippen LogP) is 4.05. The molecule has 0 amide bonds. The maximum absolute atomic E-state index is 11.5. The topological polar surface area (TPSA) is 52.6 Å². The first-order valence-corrected chi connectivity index (χ1v) is 6.97. The molecule has 22 heavy (non-hydrogen) atoms. The molecule has 0 radical (unpaired) electrons. The number of rotatable bonds is 5. The first-order chi connectivity index (χ1) is 10.5. The Morgan fingerprint density at radius 3 is 2.45 bits per heavy atom. The Balaban J connectivity index is 2.32. The van der Waals surface area contributed by atoms with Gasteiger partial charge < -0.3 is 9.47 Å². The van der Waals surface area contributed by atoms with Crippen molar-refractivity contribution in [3.63, 3.8) is 0 Å². The van der Waals surface area contributed by atoms with Gasteiger partial charge in [-0.25, -0.2) is 0 Å². The lowest BCUT2D eigenvalue weighted by atomic mass is 10.1. The van der Waals surface area contributed by atoms with Crippen molar-refractivity contribution in [3.05, 3.63) is 59.2 Å². The standard InChI is InChI=1S/C18H18O4/c1-12-5-4-6-17(9-12)22-18-8-7-15(13(2)19)10-16(18)11-21-14(3)20/h4-10H,11H2,1-3H3. The highest BCUT2D eigenvalue weighted by Gasteiger charge is 2.10. The molecular weight excluding hydrogens is 280 g/mol. The van der Waals surface area contributed by atoms with Gasteiger partial charge in [-0.2, -0.15) is 0 Å². The van der Waals surface area contributed by atoms with Gasteiger partial charge in [-0.3, -0.25) is 9.59 Å². The fourth-order valence-corrected chi connectivity index (χ4v) is 2.00. The van der Waals surface area contributed by atoms with Crippen molar-refractivity contribution in [1.82, 2.24) is 0 Å². The summed E-state index contributed by atoms with van der Waals surface area (Å²) < 4.78 is 10.9. The second kappa shape index (κ2) is 6.89. The molecule has 2 aromatic carbocycles. The zero-order valence-corrected chi connectivity index (χ0v) is 12.9. The molecule has 0 saturated carbocycles. The highest BCUT2D eigenvalue weighted by molar-refractivity contribution is 5.94. The summed E-state index contributed by atoms with van der Waals surface area (Å²) in [5.74, 6) is 0.831. The molecule has 0 aliphatic carbocycles. The minimum atomic E-state index is -0.380. The predicted molar refractivity (Wildman–Crippen MR) is 83.2 cm³/mol. The Morgan fingerprint density at radius 2 is 1.82 bits per heavy atom. The van der Waals surface area contributed by atoms with Crippen molar-refractivity contribution in [1.29, 1.82) is 0 Å². The van der Waals surface area contributed by atoms with E-state index in [-0.39, 0.29) is 18.4 Å². The monoisotopic (exact) mass is 298 g/mol. The fourth-order valence-electron chi connectivity index (χ4n) is 2.00. The normalized spacial score (nSPS) is 10.1. The van der Waals surface area contributed by atoms with E-state index >= 15 is 0 Å². The van der Waals surface area contributed by atoms with E-state index in [1.807, 2.05) is 31.2 Å². The number of aryl methyl sites for hydroxylation is 1. The number of hydrogen-bond donors (Lipinski definition) is 0. The highest BCUT2D eigenvalue weighted by Crippen LogP contribution is 2.27. The molecule has 0 unspecified atom stereocenters. The SMILES string of the molecule is CC(=O)OCc1cc(C(C)=O)ccc1Oc1cccc(C)c1. The van der Waals surface area contributed by atoms with Gasteiger partial charge >= 0.3 is 5.97 Å². The van der Waals surface area contributed by atoms with Crippen LogP contribution in [0.25, 0.3) is 0 Å². The first kappa shape index (κ1) is 15.8. The third kappa shape index (κ3) is 4.19. The summed E-state index contributed by atoms with van der Waals surface area (Å²) >= 11 is 0. The molecule has 0 fully saturated rings. The lowest BCUT2D eigenvalue weighted by Crippen LogP contribution is -2.03. The van der Waals surface area contributed by atoms with E-state index in [2.05, 4.69) is 0 Å². The summed E-state index contributed by atoms with van der Waals surface area (Å²) in [5, 5.41) is 0. The van der Waals surface area contributed by atoms with E-state index in [4.69, 9.17) is 9.47 Å². The molecule has 0 spiro atoms. The largest absolute Gasteiger partial charge is 0.461 e. The minimum absolute atomic E-state index is 0.0498. The molecule has 4 heteroatoms. The molecule has 0 aliphatic rings. The Kier molecular flexibility index (Phi) is 4.94. The maximum Gasteiger partial charge on any atom is 0.302 e. The fraction of sp³-hybridized carbons (Fsp3) is 0.222. The number of esters is 1. The van der Waals surface area contributed by atoms with Crippen molar-refractivity contribution in [3.8, 4) is 11.5 Å². The van der Waals surface area contributed by atoms with E-state index in [9.17, 15) is 9.59 Å². The molecule has 0 atom stereocenters. The third-order valence-corrected chi connectivity index (χ3v) is 3.12. The highest BCUT2D eigenvalue weighted by atomic mass is 16.5. The molecule has 0 aliphatic heterocycles. The van der Waals surface area contributed by atoms with Crippen LogP contribution < -0.4 is 4.74 Å². The molecule has 0 aromatic heterocycles. The van der Waals surface area contributed by atoms with Crippen molar-refractivity contribution >= 4 is 11.8 Å². The van der Waals surface area contributed by atoms with Gasteiger partial charge in [-0.1, -0.05) is 12.1 Å². The van der Waals surface area contributed by atoms with Crippen molar-refractivity contribution < 1.29 is 19.1 Å². The first-order valence-electron chi connectivity index (χ1n) is 6.97. The summed E-state index contributed by atoms with van der Waals surface area (Å²) in [6, 6.07) is 12.8. The number of carbonyl (C=O) groups is 2. The van der Waals surface area contributed by atoms with Crippen LogP contribution >= 0.6 is 0 Å². The summed E-state index contributed by atoms with van der Waals surface area (Å²) in [5.41, 5.74) is 2.29. The molecule has 2 aromatic rings. The van der Waals surface area contributed by atoms with Gasteiger partial charge in [0.15, 0.2) is 5.78 Å². The molecular formula is C18H18O4. The lowest BCUT2D eigenvalue weighted by molar-refractivity contribution is -0.142. The van der Waals surface area contributed by atoms with E-state index in [1.165, 1.54) is 13.8 Å². The van der Waals surface area contributed by atoms with Gasteiger partial charge in [0.2, 0.25) is 0 Å². The van der Waals surface area contributed by atoms with Gasteiger partial charge in [0.1, 0.15) is 18.1 Å². The van der Waals surface area contributed by atoms with Crippen LogP contribution in [0, 0.1) is 6.92 Å². The van der Waals surface area contributed by atoms with E-state index in [1.54, 1.807) is 18.2 Å². The third-order valence-electron chi connectivity index (χ3n) is 3.12. The number of Topliss-reactive ketones (excluding diaryl/α,β-unsaturated/α-hetero) is 1. The molecule has 0 N–H and O–H groups in total. The second-order valence-corrected chi connectivity index (χ2v) is 5.08. The average Bonchev–Trinajstić information content (AvgIpc) is 2.46. The van der Waals surface area contributed by atoms with Crippen LogP contribution in [-0.2, 0) is 16.1 Å². The van der Waals surface area contributed by atoms with Crippen LogP contribution in [0.1, 0.15) is 35.3 Å². The summed E-state index contributed by atoms with van der Waals surface area (Å²) in [4.78, 5) is 22.5. The Labute approximate surface area is 129 Å². The molecule has 0 heterocycles. The zero-order chi connectivity index (χ0) is 16.1. The van der Waals surface area contributed by atoms with Crippen molar-refractivity contribution in [2.24, 2.45) is 0 Å². The second-order valence-electron chi connectivity index (χ2n) is 5.08.